The van der Waals surface area contributed by atoms with Gasteiger partial charge in [-0.1, -0.05) is 24.3 Å². The molecule has 3 aliphatic rings. The van der Waals surface area contributed by atoms with Gasteiger partial charge >= 0.3 is 6.03 Å². The Balaban J connectivity index is 1.04. The van der Waals surface area contributed by atoms with Crippen molar-refractivity contribution in [1.29, 1.82) is 0 Å². The summed E-state index contributed by atoms with van der Waals surface area (Å²) in [6.07, 6.45) is 6.87. The fraction of sp³-hybridized carbons (Fsp3) is 0.514. The zero-order valence-electron chi connectivity index (χ0n) is 28.2. The minimum Gasteiger partial charge on any atom is -0.338 e. The Labute approximate surface area is 281 Å². The summed E-state index contributed by atoms with van der Waals surface area (Å²) in [4.78, 5) is 52.9. The number of piperidine rings is 1. The number of carbonyl (C=O) groups is 2. The minimum absolute atomic E-state index is 0.0216. The zero-order chi connectivity index (χ0) is 33.2. The first-order chi connectivity index (χ1) is 23.3. The molecule has 1 unspecified atom stereocenters. The summed E-state index contributed by atoms with van der Waals surface area (Å²) in [5.74, 6) is 0.0471. The van der Waals surface area contributed by atoms with Gasteiger partial charge in [-0.15, -0.1) is 0 Å². The zero-order valence-corrected chi connectivity index (χ0v) is 28.2. The van der Waals surface area contributed by atoms with E-state index in [0.29, 0.717) is 45.1 Å². The van der Waals surface area contributed by atoms with E-state index in [4.69, 9.17) is 0 Å². The van der Waals surface area contributed by atoms with E-state index in [-0.39, 0.29) is 23.4 Å². The van der Waals surface area contributed by atoms with Crippen molar-refractivity contribution >= 4 is 33.7 Å². The van der Waals surface area contributed by atoms with Crippen LogP contribution in [0.4, 0.5) is 4.79 Å². The summed E-state index contributed by atoms with van der Waals surface area (Å²) < 4.78 is 0. The van der Waals surface area contributed by atoms with E-state index in [2.05, 4.69) is 49.5 Å². The van der Waals surface area contributed by atoms with E-state index < -0.39 is 6.04 Å². The van der Waals surface area contributed by atoms with Crippen molar-refractivity contribution in [3.05, 3.63) is 75.7 Å². The van der Waals surface area contributed by atoms with Gasteiger partial charge in [-0.05, 0) is 99.8 Å². The molecule has 254 valence electrons. The van der Waals surface area contributed by atoms with E-state index in [0.717, 1.165) is 77.5 Å². The van der Waals surface area contributed by atoms with E-state index in [9.17, 15) is 14.4 Å². The number of likely N-dealkylation sites (tertiary alicyclic amines) is 2. The van der Waals surface area contributed by atoms with Crippen LogP contribution in [0.5, 0.6) is 0 Å². The SMILES string of the molecule is Cc1cc(C[C@@H](NC(=O)N2CCCC(c3cc4ccccc4[nH]c3=O)CC2)C(=O)N2CCN(C3CCN(C)CC3)CC2)cc2cn[nH]c12. The summed E-state index contributed by atoms with van der Waals surface area (Å²) in [5.41, 5.74) is 4.61. The van der Waals surface area contributed by atoms with Gasteiger partial charge < -0.3 is 25.0 Å². The maximum atomic E-state index is 14.2. The number of aromatic amines is 2. The number of fused-ring (bicyclic) bond motifs is 2. The Kier molecular flexibility index (Phi) is 9.50. The number of nitrogens with one attached hydrogen (secondary N) is 3. The number of hydrogen-bond donors (Lipinski definition) is 3. The highest BCUT2D eigenvalue weighted by Gasteiger charge is 2.33. The summed E-state index contributed by atoms with van der Waals surface area (Å²) in [6, 6.07) is 13.7. The number of H-pyrrole nitrogens is 2. The summed E-state index contributed by atoms with van der Waals surface area (Å²) in [5, 5.41) is 12.4. The molecule has 0 spiro atoms. The van der Waals surface area contributed by atoms with Crippen LogP contribution in [-0.4, -0.2) is 118 Å². The molecule has 0 radical (unpaired) electrons. The predicted molar refractivity (Wildman–Crippen MR) is 188 cm³/mol. The molecule has 11 heteroatoms. The van der Waals surface area contributed by atoms with Crippen molar-refractivity contribution in [2.75, 3.05) is 59.4 Å². The molecular formula is C37H48N8O3. The summed E-state index contributed by atoms with van der Waals surface area (Å²) in [6.45, 7) is 8.46. The molecule has 3 amide bonds. The topological polar surface area (TPSA) is 121 Å². The van der Waals surface area contributed by atoms with Gasteiger partial charge in [-0.2, -0.15) is 5.10 Å². The molecule has 7 rings (SSSR count). The molecule has 3 N–H and O–H groups in total. The number of benzene rings is 2. The molecule has 0 aliphatic carbocycles. The third-order valence-corrected chi connectivity index (χ3v) is 10.9. The van der Waals surface area contributed by atoms with Crippen molar-refractivity contribution in [3.63, 3.8) is 0 Å². The number of hydrogen-bond acceptors (Lipinski definition) is 6. The molecule has 11 nitrogen and oxygen atoms in total. The second-order valence-corrected chi connectivity index (χ2v) is 14.1. The van der Waals surface area contributed by atoms with E-state index >= 15 is 0 Å². The smallest absolute Gasteiger partial charge is 0.318 e. The van der Waals surface area contributed by atoms with Crippen molar-refractivity contribution in [3.8, 4) is 0 Å². The van der Waals surface area contributed by atoms with Gasteiger partial charge in [-0.25, -0.2) is 4.79 Å². The van der Waals surface area contributed by atoms with Gasteiger partial charge in [0.2, 0.25) is 5.91 Å². The van der Waals surface area contributed by atoms with Crippen molar-refractivity contribution in [2.24, 2.45) is 0 Å². The number of urea groups is 1. The molecule has 2 aromatic heterocycles. The number of aryl methyl sites for hydroxylation is 1. The first kappa shape index (κ1) is 32.3. The van der Waals surface area contributed by atoms with Crippen molar-refractivity contribution in [1.82, 2.24) is 40.1 Å². The Morgan fingerprint density at radius 3 is 2.52 bits per heavy atom. The van der Waals surface area contributed by atoms with E-state index in [1.807, 2.05) is 47.1 Å². The Morgan fingerprint density at radius 2 is 1.71 bits per heavy atom. The minimum atomic E-state index is -0.682. The largest absolute Gasteiger partial charge is 0.338 e. The second kappa shape index (κ2) is 14.1. The lowest BCUT2D eigenvalue weighted by Crippen LogP contribution is -2.58. The Morgan fingerprint density at radius 1 is 0.917 bits per heavy atom. The predicted octanol–water partition coefficient (Wildman–Crippen LogP) is 3.84. The number of aromatic nitrogens is 3. The first-order valence-electron chi connectivity index (χ1n) is 17.6. The first-order valence-corrected chi connectivity index (χ1v) is 17.6. The maximum absolute atomic E-state index is 14.2. The quantitative estimate of drug-likeness (QED) is 0.291. The highest BCUT2D eigenvalue weighted by molar-refractivity contribution is 5.88. The maximum Gasteiger partial charge on any atom is 0.318 e. The average molecular weight is 653 g/mol. The molecule has 0 bridgehead atoms. The summed E-state index contributed by atoms with van der Waals surface area (Å²) >= 11 is 0. The number of rotatable bonds is 6. The highest BCUT2D eigenvalue weighted by Crippen LogP contribution is 2.28. The van der Waals surface area contributed by atoms with Crippen molar-refractivity contribution in [2.45, 2.75) is 63.5 Å². The molecule has 4 aromatic rings. The summed E-state index contributed by atoms with van der Waals surface area (Å²) in [7, 11) is 2.18. The van der Waals surface area contributed by atoms with E-state index in [1.165, 1.54) is 12.8 Å². The van der Waals surface area contributed by atoms with Crippen LogP contribution in [0.15, 0.2) is 53.5 Å². The van der Waals surface area contributed by atoms with Crippen LogP contribution in [0.1, 0.15) is 54.7 Å². The van der Waals surface area contributed by atoms with Crippen LogP contribution in [-0.2, 0) is 11.2 Å². The number of amides is 3. The van der Waals surface area contributed by atoms with Crippen LogP contribution in [0.2, 0.25) is 0 Å². The lowest BCUT2D eigenvalue weighted by molar-refractivity contribution is -0.135. The fourth-order valence-electron chi connectivity index (χ4n) is 8.07. The Bertz CT molecular complexity index is 1820. The van der Waals surface area contributed by atoms with Gasteiger partial charge in [0.25, 0.3) is 5.56 Å². The molecule has 5 heterocycles. The lowest BCUT2D eigenvalue weighted by Gasteiger charge is -2.43. The van der Waals surface area contributed by atoms with Crippen LogP contribution in [0, 0.1) is 6.92 Å². The average Bonchev–Trinajstić information content (AvgIpc) is 3.44. The number of piperazine rings is 1. The van der Waals surface area contributed by atoms with Crippen molar-refractivity contribution < 1.29 is 9.59 Å². The normalized spacial score (nSPS) is 21.0. The number of carbonyl (C=O) groups excluding carboxylic acids is 2. The molecule has 2 atom stereocenters. The number of pyridine rings is 1. The highest BCUT2D eigenvalue weighted by atomic mass is 16.2. The molecule has 0 saturated carbocycles. The second-order valence-electron chi connectivity index (χ2n) is 14.1. The molecule has 3 aliphatic heterocycles. The van der Waals surface area contributed by atoms with Gasteiger partial charge in [-0.3, -0.25) is 19.6 Å². The van der Waals surface area contributed by atoms with Crippen LogP contribution >= 0.6 is 0 Å². The molecule has 3 fully saturated rings. The monoisotopic (exact) mass is 652 g/mol. The standard InChI is InChI=1S/C37H48N8O3/c1-25-20-26(21-29-24-38-41-34(25)29)22-33(36(47)44-18-16-43(17-19-44)30-10-13-42(2)14-11-30)40-37(48)45-12-5-7-27(9-15-45)31-23-28-6-3-4-8-32(28)39-35(31)46/h3-4,6,8,20-21,23-24,27,30,33H,5,7,9-19,22H2,1-2H3,(H,38,41)(H,39,46)(H,40,48)/t27?,33-/m1/s1. The van der Waals surface area contributed by atoms with Gasteiger partial charge in [0.05, 0.1) is 11.7 Å². The lowest BCUT2D eigenvalue weighted by atomic mass is 9.92. The molecular weight excluding hydrogens is 604 g/mol. The van der Waals surface area contributed by atoms with Crippen LogP contribution in [0.25, 0.3) is 21.8 Å². The molecule has 2 aromatic carbocycles. The Hall–Kier alpha value is -4.22. The van der Waals surface area contributed by atoms with Gasteiger partial charge in [0.15, 0.2) is 0 Å². The van der Waals surface area contributed by atoms with Crippen LogP contribution < -0.4 is 10.9 Å². The van der Waals surface area contributed by atoms with Gasteiger partial charge in [0.1, 0.15) is 6.04 Å². The molecule has 3 saturated heterocycles. The van der Waals surface area contributed by atoms with Gasteiger partial charge in [0, 0.05) is 68.2 Å². The van der Waals surface area contributed by atoms with Crippen LogP contribution in [0.3, 0.4) is 0 Å². The van der Waals surface area contributed by atoms with E-state index in [1.54, 1.807) is 6.20 Å². The number of nitrogens with zero attached hydrogens (tertiary/aromatic N) is 5. The molecule has 48 heavy (non-hydrogen) atoms. The third-order valence-electron chi connectivity index (χ3n) is 10.9. The fourth-order valence-corrected chi connectivity index (χ4v) is 8.07. The third kappa shape index (κ3) is 6.98. The number of para-hydroxylation sites is 1.